The average molecular weight is 298 g/mol. The van der Waals surface area contributed by atoms with E-state index >= 15 is 0 Å². The Balaban J connectivity index is 2.74. The lowest BCUT2D eigenvalue weighted by atomic mass is 9.66. The van der Waals surface area contributed by atoms with Crippen LogP contribution >= 0.6 is 0 Å². The molecule has 0 fully saturated rings. The number of benzene rings is 1. The van der Waals surface area contributed by atoms with Crippen LogP contribution in [0.15, 0.2) is 59.4 Å². The topological polar surface area (TPSA) is 46.5 Å². The maximum Gasteiger partial charge on any atom is 0.195 e. The summed E-state index contributed by atoms with van der Waals surface area (Å²) >= 11 is 0. The van der Waals surface area contributed by atoms with Crippen molar-refractivity contribution in [2.45, 2.75) is 38.4 Å². The lowest BCUT2D eigenvalue weighted by Gasteiger charge is -2.44. The number of methoxy groups -OCH3 is 1. The van der Waals surface area contributed by atoms with Crippen LogP contribution in [0.3, 0.4) is 0 Å². The van der Waals surface area contributed by atoms with Gasteiger partial charge in [0, 0.05) is 19.1 Å². The van der Waals surface area contributed by atoms with Crippen molar-refractivity contribution in [2.75, 3.05) is 7.11 Å². The molecule has 2 atom stereocenters. The van der Waals surface area contributed by atoms with E-state index in [4.69, 9.17) is 4.74 Å². The molecule has 2 rings (SSSR count). The smallest absolute Gasteiger partial charge is 0.195 e. The largest absolute Gasteiger partial charge is 0.380 e. The molecular formula is C19H22O3. The summed E-state index contributed by atoms with van der Waals surface area (Å²) in [5.74, 6) is -0.111. The van der Waals surface area contributed by atoms with Gasteiger partial charge in [0.2, 0.25) is 0 Å². The number of Topliss-reactive ketones (excluding diaryl/α,β-unsaturated/α-hetero) is 1. The van der Waals surface area contributed by atoms with E-state index in [2.05, 4.69) is 12.3 Å². The van der Waals surface area contributed by atoms with Gasteiger partial charge in [-0.3, -0.25) is 4.79 Å². The van der Waals surface area contributed by atoms with E-state index in [0.717, 1.165) is 5.56 Å². The van der Waals surface area contributed by atoms with Gasteiger partial charge in [0.15, 0.2) is 11.4 Å². The highest BCUT2D eigenvalue weighted by Gasteiger charge is 2.53. The highest BCUT2D eigenvalue weighted by Crippen LogP contribution is 2.47. The van der Waals surface area contributed by atoms with Crippen molar-refractivity contribution in [2.24, 2.45) is 0 Å². The van der Waals surface area contributed by atoms with Crippen molar-refractivity contribution in [1.82, 2.24) is 0 Å². The number of ether oxygens (including phenoxy) is 1. The number of hydrogen-bond donors (Lipinski definition) is 1. The van der Waals surface area contributed by atoms with Crippen molar-refractivity contribution >= 4 is 5.78 Å². The molecule has 0 heterocycles. The van der Waals surface area contributed by atoms with Crippen LogP contribution in [0.5, 0.6) is 0 Å². The monoisotopic (exact) mass is 298 g/mol. The average Bonchev–Trinajstić information content (AvgIpc) is 2.56. The zero-order valence-corrected chi connectivity index (χ0v) is 13.6. The third-order valence-corrected chi connectivity index (χ3v) is 4.87. The molecule has 0 saturated heterocycles. The quantitative estimate of drug-likeness (QED) is 0.871. The molecule has 0 saturated carbocycles. The summed E-state index contributed by atoms with van der Waals surface area (Å²) in [6.07, 6.45) is 0.122. The van der Waals surface area contributed by atoms with Crippen LogP contribution < -0.4 is 0 Å². The molecule has 0 bridgehead atoms. The first-order valence-corrected chi connectivity index (χ1v) is 7.26. The molecule has 0 spiro atoms. The van der Waals surface area contributed by atoms with Crippen molar-refractivity contribution in [3.63, 3.8) is 0 Å². The number of carbonyl (C=O) groups excluding carboxylic acids is 1. The first kappa shape index (κ1) is 16.4. The number of carbonyl (C=O) groups is 1. The highest BCUT2D eigenvalue weighted by molar-refractivity contribution is 6.04. The minimum atomic E-state index is -1.29. The molecule has 1 N–H and O–H groups in total. The van der Waals surface area contributed by atoms with Gasteiger partial charge in [0.1, 0.15) is 5.60 Å². The lowest BCUT2D eigenvalue weighted by Crippen LogP contribution is -2.52. The zero-order valence-electron chi connectivity index (χ0n) is 13.6. The van der Waals surface area contributed by atoms with E-state index in [1.165, 1.54) is 7.11 Å². The van der Waals surface area contributed by atoms with Gasteiger partial charge in [-0.15, -0.1) is 5.73 Å². The van der Waals surface area contributed by atoms with Gasteiger partial charge in [-0.2, -0.15) is 0 Å². The van der Waals surface area contributed by atoms with E-state index in [1.54, 1.807) is 20.8 Å². The second-order valence-electron chi connectivity index (χ2n) is 5.82. The number of rotatable bonds is 3. The summed E-state index contributed by atoms with van der Waals surface area (Å²) in [7, 11) is 1.51. The van der Waals surface area contributed by atoms with Gasteiger partial charge in [0.05, 0.1) is 0 Å². The molecule has 0 radical (unpaired) electrons. The van der Waals surface area contributed by atoms with Crippen LogP contribution in [0.25, 0.3) is 0 Å². The second-order valence-corrected chi connectivity index (χ2v) is 5.82. The zero-order chi connectivity index (χ0) is 16.5. The van der Waals surface area contributed by atoms with Crippen LogP contribution in [0.1, 0.15) is 32.8 Å². The molecule has 1 aliphatic carbocycles. The van der Waals surface area contributed by atoms with Gasteiger partial charge in [-0.25, -0.2) is 0 Å². The van der Waals surface area contributed by atoms with Crippen LogP contribution in [0, 0.1) is 0 Å². The Morgan fingerprint density at radius 3 is 2.41 bits per heavy atom. The van der Waals surface area contributed by atoms with Crippen LogP contribution in [0.4, 0.5) is 0 Å². The van der Waals surface area contributed by atoms with Crippen LogP contribution in [-0.2, 0) is 15.1 Å². The predicted molar refractivity (Wildman–Crippen MR) is 86.4 cm³/mol. The van der Waals surface area contributed by atoms with Crippen LogP contribution in [-0.4, -0.2) is 23.6 Å². The fourth-order valence-electron chi connectivity index (χ4n) is 3.14. The molecule has 0 amide bonds. The highest BCUT2D eigenvalue weighted by atomic mass is 16.5. The Morgan fingerprint density at radius 1 is 1.32 bits per heavy atom. The van der Waals surface area contributed by atoms with Crippen molar-refractivity contribution in [3.05, 3.63) is 64.9 Å². The van der Waals surface area contributed by atoms with E-state index in [9.17, 15) is 9.90 Å². The van der Waals surface area contributed by atoms with Crippen molar-refractivity contribution in [3.8, 4) is 0 Å². The molecular weight excluding hydrogens is 276 g/mol. The van der Waals surface area contributed by atoms with Gasteiger partial charge >= 0.3 is 0 Å². The summed E-state index contributed by atoms with van der Waals surface area (Å²) < 4.78 is 5.68. The Morgan fingerprint density at radius 2 is 1.91 bits per heavy atom. The first-order valence-electron chi connectivity index (χ1n) is 7.26. The predicted octanol–water partition coefficient (Wildman–Crippen LogP) is 3.30. The van der Waals surface area contributed by atoms with Gasteiger partial charge in [-0.1, -0.05) is 36.9 Å². The maximum absolute atomic E-state index is 12.9. The molecule has 0 aromatic heterocycles. The Labute approximate surface area is 131 Å². The molecule has 1 aromatic rings. The third-order valence-electron chi connectivity index (χ3n) is 4.87. The van der Waals surface area contributed by atoms with Gasteiger partial charge in [-0.05, 0) is 37.5 Å². The summed E-state index contributed by atoms with van der Waals surface area (Å²) in [4.78, 5) is 12.9. The van der Waals surface area contributed by atoms with Crippen LogP contribution in [0.2, 0.25) is 0 Å². The van der Waals surface area contributed by atoms with E-state index in [0.29, 0.717) is 16.7 Å². The SMILES string of the molecule is C=C=C(C)[C@@]1(O)C[C@@](OC)(c2ccccc2)C(=O)C(C)=C1C. The third kappa shape index (κ3) is 2.19. The molecule has 1 aliphatic rings. The normalized spacial score (nSPS) is 28.5. The molecule has 0 aliphatic heterocycles. The molecule has 22 heavy (non-hydrogen) atoms. The lowest BCUT2D eigenvalue weighted by molar-refractivity contribution is -0.147. The minimum absolute atomic E-state index is 0.111. The van der Waals surface area contributed by atoms with E-state index in [-0.39, 0.29) is 12.2 Å². The van der Waals surface area contributed by atoms with E-state index in [1.807, 2.05) is 30.3 Å². The minimum Gasteiger partial charge on any atom is -0.380 e. The molecule has 3 nitrogen and oxygen atoms in total. The Bertz CT molecular complexity index is 680. The summed E-state index contributed by atoms with van der Waals surface area (Å²) in [6, 6.07) is 9.30. The molecule has 3 heteroatoms. The Kier molecular flexibility index (Phi) is 4.25. The number of aliphatic hydroxyl groups is 1. The van der Waals surface area contributed by atoms with Gasteiger partial charge in [0.25, 0.3) is 0 Å². The molecule has 0 unspecified atom stereocenters. The fraction of sp³-hybridized carbons (Fsp3) is 0.368. The molecule has 1 aromatic carbocycles. The summed E-state index contributed by atoms with van der Waals surface area (Å²) in [5.41, 5.74) is 2.78. The van der Waals surface area contributed by atoms with Gasteiger partial charge < -0.3 is 9.84 Å². The number of hydrogen-bond acceptors (Lipinski definition) is 3. The maximum atomic E-state index is 12.9. The second kappa shape index (κ2) is 5.69. The summed E-state index contributed by atoms with van der Waals surface area (Å²) in [6.45, 7) is 8.91. The number of ketones is 1. The van der Waals surface area contributed by atoms with E-state index < -0.39 is 11.2 Å². The molecule has 116 valence electrons. The van der Waals surface area contributed by atoms with Crippen molar-refractivity contribution < 1.29 is 14.6 Å². The Hall–Kier alpha value is -1.93. The summed E-state index contributed by atoms with van der Waals surface area (Å²) in [5, 5.41) is 11.2. The fourth-order valence-corrected chi connectivity index (χ4v) is 3.14. The van der Waals surface area contributed by atoms with Crippen molar-refractivity contribution in [1.29, 1.82) is 0 Å². The standard InChI is InChI=1S/C19H22O3/c1-6-13(2)18(21)12-19(22-5,16-10-8-7-9-11-16)17(20)14(3)15(18)4/h7-11,21H,1,12H2,2-5H3/t18-,19+/m0/s1. The first-order chi connectivity index (χ1) is 10.3.